The van der Waals surface area contributed by atoms with Crippen molar-refractivity contribution >= 4 is 13.8 Å². The van der Waals surface area contributed by atoms with E-state index < -0.39 is 39.2 Å². The van der Waals surface area contributed by atoms with Crippen LogP contribution in [0.1, 0.15) is 174 Å². The number of ether oxygens (including phenoxy) is 2. The number of carbonyl (C=O) groups excluding carboxylic acids is 1. The van der Waals surface area contributed by atoms with E-state index in [4.69, 9.17) is 23.6 Å². The van der Waals surface area contributed by atoms with Crippen molar-refractivity contribution in [2.24, 2.45) is 0 Å². The van der Waals surface area contributed by atoms with Crippen LogP contribution in [-0.4, -0.2) is 66.3 Å². The van der Waals surface area contributed by atoms with Gasteiger partial charge in [0.25, 0.3) is 0 Å². The minimum Gasteiger partial charge on any atom is -0.457 e. The number of phosphoric acid groups is 1. The zero-order chi connectivity index (χ0) is 36.1. The Morgan fingerprint density at radius 2 is 1.06 bits per heavy atom. The van der Waals surface area contributed by atoms with Crippen molar-refractivity contribution in [3.63, 3.8) is 0 Å². The zero-order valence-electron chi connectivity index (χ0n) is 31.4. The van der Waals surface area contributed by atoms with Gasteiger partial charge in [0.2, 0.25) is 0 Å². The first-order valence-corrected chi connectivity index (χ1v) is 21.3. The largest absolute Gasteiger partial charge is 0.472 e. The lowest BCUT2D eigenvalue weighted by molar-refractivity contribution is -0.154. The van der Waals surface area contributed by atoms with Crippen molar-refractivity contribution in [1.29, 1.82) is 0 Å². The highest BCUT2D eigenvalue weighted by Gasteiger charge is 2.26. The number of aliphatic hydroxyl groups excluding tert-OH is 2. The van der Waals surface area contributed by atoms with Gasteiger partial charge < -0.3 is 24.6 Å². The Bertz CT molecular complexity index is 820. The van der Waals surface area contributed by atoms with Crippen LogP contribution in [0.3, 0.4) is 0 Å². The molecule has 3 unspecified atom stereocenters. The molecule has 49 heavy (non-hydrogen) atoms. The number of phosphoric ester groups is 1. The monoisotopic (exact) mass is 719 g/mol. The topological polar surface area (TPSA) is 132 Å². The van der Waals surface area contributed by atoms with Crippen molar-refractivity contribution < 1.29 is 43.0 Å². The summed E-state index contributed by atoms with van der Waals surface area (Å²) in [6.07, 6.45) is 35.6. The fraction of sp³-hybridized carbons (Fsp3) is 0.872. The van der Waals surface area contributed by atoms with Crippen LogP contribution in [0.25, 0.3) is 0 Å². The van der Waals surface area contributed by atoms with E-state index in [0.717, 1.165) is 70.6 Å². The number of aliphatic hydroxyl groups is 2. The zero-order valence-corrected chi connectivity index (χ0v) is 32.3. The van der Waals surface area contributed by atoms with Gasteiger partial charge in [0, 0.05) is 13.0 Å². The lowest BCUT2D eigenvalue weighted by Gasteiger charge is -2.20. The summed E-state index contributed by atoms with van der Waals surface area (Å²) in [4.78, 5) is 22.4. The van der Waals surface area contributed by atoms with Crippen molar-refractivity contribution in [3.05, 3.63) is 24.3 Å². The van der Waals surface area contributed by atoms with Gasteiger partial charge in [-0.15, -0.1) is 0 Å². The van der Waals surface area contributed by atoms with E-state index in [1.54, 1.807) is 0 Å². The highest BCUT2D eigenvalue weighted by atomic mass is 31.2. The third-order valence-electron chi connectivity index (χ3n) is 8.36. The lowest BCUT2D eigenvalue weighted by atomic mass is 10.1. The van der Waals surface area contributed by atoms with Crippen LogP contribution >= 0.6 is 7.82 Å². The summed E-state index contributed by atoms with van der Waals surface area (Å²) in [6, 6.07) is 0. The minimum atomic E-state index is -4.51. The quantitative estimate of drug-likeness (QED) is 0.0247. The molecule has 0 spiro atoms. The molecule has 0 aromatic heterocycles. The summed E-state index contributed by atoms with van der Waals surface area (Å²) in [5.74, 6) is -0.395. The van der Waals surface area contributed by atoms with Crippen LogP contribution in [0.5, 0.6) is 0 Å². The van der Waals surface area contributed by atoms with Gasteiger partial charge in [-0.25, -0.2) is 4.57 Å². The maximum Gasteiger partial charge on any atom is 0.472 e. The molecule has 290 valence electrons. The third-order valence-corrected chi connectivity index (χ3v) is 9.31. The Kier molecular flexibility index (Phi) is 35.9. The molecule has 3 N–H and O–H groups in total. The Hall–Kier alpha value is -1.06. The summed E-state index contributed by atoms with van der Waals surface area (Å²) in [7, 11) is -4.51. The van der Waals surface area contributed by atoms with E-state index in [9.17, 15) is 19.4 Å². The van der Waals surface area contributed by atoms with Gasteiger partial charge >= 0.3 is 13.8 Å². The first kappa shape index (κ1) is 47.9. The van der Waals surface area contributed by atoms with Crippen LogP contribution in [0.15, 0.2) is 24.3 Å². The molecule has 10 heteroatoms. The molecule has 0 rings (SSSR count). The van der Waals surface area contributed by atoms with E-state index in [0.29, 0.717) is 6.61 Å². The number of hydrogen-bond acceptors (Lipinski definition) is 8. The van der Waals surface area contributed by atoms with E-state index in [2.05, 4.69) is 38.2 Å². The van der Waals surface area contributed by atoms with Crippen LogP contribution < -0.4 is 0 Å². The van der Waals surface area contributed by atoms with Gasteiger partial charge in [0.15, 0.2) is 0 Å². The molecule has 0 saturated carbocycles. The molecule has 0 heterocycles. The van der Waals surface area contributed by atoms with Crippen LogP contribution in [0.4, 0.5) is 0 Å². The van der Waals surface area contributed by atoms with E-state index >= 15 is 0 Å². The molecule has 0 radical (unpaired) electrons. The Labute approximate surface area is 300 Å². The van der Waals surface area contributed by atoms with Crippen LogP contribution in [0, 0.1) is 0 Å². The van der Waals surface area contributed by atoms with Crippen LogP contribution in [0.2, 0.25) is 0 Å². The molecule has 0 saturated heterocycles. The van der Waals surface area contributed by atoms with Gasteiger partial charge in [0.05, 0.1) is 26.4 Å². The number of carbonyl (C=O) groups is 1. The minimum absolute atomic E-state index is 0.0436. The maximum absolute atomic E-state index is 12.5. The highest BCUT2D eigenvalue weighted by Crippen LogP contribution is 2.43. The molecule has 0 fully saturated rings. The van der Waals surface area contributed by atoms with Crippen molar-refractivity contribution in [2.75, 3.05) is 33.0 Å². The molecular weight excluding hydrogens is 643 g/mol. The fourth-order valence-electron chi connectivity index (χ4n) is 5.27. The first-order valence-electron chi connectivity index (χ1n) is 19.8. The third kappa shape index (κ3) is 36.5. The molecule has 0 aromatic rings. The van der Waals surface area contributed by atoms with Crippen LogP contribution in [-0.2, 0) is 27.9 Å². The van der Waals surface area contributed by atoms with Gasteiger partial charge in [-0.3, -0.25) is 13.8 Å². The molecule has 9 nitrogen and oxygen atoms in total. The van der Waals surface area contributed by atoms with Gasteiger partial charge in [-0.1, -0.05) is 134 Å². The normalized spacial score (nSPS) is 14.5. The predicted octanol–water partition coefficient (Wildman–Crippen LogP) is 10.3. The average molecular weight is 719 g/mol. The Morgan fingerprint density at radius 3 is 1.59 bits per heavy atom. The summed E-state index contributed by atoms with van der Waals surface area (Å²) < 4.78 is 33.2. The molecule has 0 aromatic carbocycles. The van der Waals surface area contributed by atoms with Crippen molar-refractivity contribution in [3.8, 4) is 0 Å². The molecule has 0 bridgehead atoms. The predicted molar refractivity (Wildman–Crippen MR) is 201 cm³/mol. The Balaban J connectivity index is 4.19. The van der Waals surface area contributed by atoms with E-state index in [-0.39, 0.29) is 19.6 Å². The molecule has 3 atom stereocenters. The van der Waals surface area contributed by atoms with Crippen molar-refractivity contribution in [2.45, 2.75) is 187 Å². The molecule has 0 aliphatic heterocycles. The number of hydrogen-bond donors (Lipinski definition) is 3. The van der Waals surface area contributed by atoms with Gasteiger partial charge in [-0.05, 0) is 57.8 Å². The lowest BCUT2D eigenvalue weighted by Crippen LogP contribution is -2.29. The molecular formula is C39H75O9P. The number of esters is 1. The molecule has 0 amide bonds. The van der Waals surface area contributed by atoms with Gasteiger partial charge in [-0.2, -0.15) is 0 Å². The average Bonchev–Trinajstić information content (AvgIpc) is 3.09. The summed E-state index contributed by atoms with van der Waals surface area (Å²) in [5.41, 5.74) is 0. The highest BCUT2D eigenvalue weighted by molar-refractivity contribution is 7.47. The number of allylic oxidation sites excluding steroid dienone is 4. The molecule has 0 aliphatic carbocycles. The number of rotatable bonds is 38. The van der Waals surface area contributed by atoms with Crippen molar-refractivity contribution in [1.82, 2.24) is 0 Å². The standard InChI is InChI=1S/C39H75O9P/c1-3-5-7-9-11-13-15-16-17-18-19-20-22-24-26-28-30-32-45-35-38(36-47-49(43,44)46-34-37(41)33-40)48-39(42)31-29-27-25-23-21-14-12-10-8-6-4-2/h10,12,17-18,37-38,40-41H,3-9,11,13-16,19-36H2,1-2H3,(H,43,44)/b12-10-,18-17-. The van der Waals surface area contributed by atoms with Gasteiger partial charge in [0.1, 0.15) is 12.2 Å². The maximum atomic E-state index is 12.5. The Morgan fingerprint density at radius 1 is 0.612 bits per heavy atom. The SMILES string of the molecule is CCCC/C=C\CCCCCCCC(=O)OC(COCCCCCCCC/C=C\CCCCCCCCC)COP(=O)(O)OCC(O)CO. The summed E-state index contributed by atoms with van der Waals surface area (Å²) >= 11 is 0. The number of unbranched alkanes of at least 4 members (excludes halogenated alkanes) is 20. The van der Waals surface area contributed by atoms with E-state index in [1.807, 2.05) is 0 Å². The first-order chi connectivity index (χ1) is 23.8. The second-order valence-electron chi connectivity index (χ2n) is 13.3. The second-order valence-corrected chi connectivity index (χ2v) is 14.7. The summed E-state index contributed by atoms with van der Waals surface area (Å²) in [5, 5.41) is 18.3. The summed E-state index contributed by atoms with van der Waals surface area (Å²) in [6.45, 7) is 3.45. The molecule has 0 aliphatic rings. The van der Waals surface area contributed by atoms with E-state index in [1.165, 1.54) is 83.5 Å². The second kappa shape index (κ2) is 36.7. The fourth-order valence-corrected chi connectivity index (χ4v) is 6.06. The smallest absolute Gasteiger partial charge is 0.457 e.